The normalized spacial score (nSPS) is 27.3. The Labute approximate surface area is 41.7 Å². The average molecular weight is 98.1 g/mol. The Balaban J connectivity index is 2.57. The Morgan fingerprint density at radius 1 is 1.86 bits per heavy atom. The molecule has 1 rings (SSSR count). The molecule has 1 heterocycles. The van der Waals surface area contributed by atoms with E-state index >= 15 is 0 Å². The predicted molar refractivity (Wildman–Crippen MR) is 25.3 cm³/mol. The summed E-state index contributed by atoms with van der Waals surface area (Å²) in [7, 11) is 0. The molecule has 0 radical (unpaired) electrons. The lowest BCUT2D eigenvalue weighted by atomic mass is 10.4. The van der Waals surface area contributed by atoms with E-state index in [1.54, 1.807) is 0 Å². The van der Waals surface area contributed by atoms with Crippen LogP contribution in [0.2, 0.25) is 0 Å². The molecule has 0 N–H and O–H groups in total. The maximum Gasteiger partial charge on any atom is 0.140 e. The van der Waals surface area contributed by atoms with Gasteiger partial charge >= 0.3 is 0 Å². The SMILES string of the molecule is CC1CON=C=N1. The summed E-state index contributed by atoms with van der Waals surface area (Å²) in [4.78, 5) is 8.39. The van der Waals surface area contributed by atoms with E-state index in [-0.39, 0.29) is 6.04 Å². The van der Waals surface area contributed by atoms with Gasteiger partial charge in [0.1, 0.15) is 12.6 Å². The molecule has 38 valence electrons. The molecule has 0 bridgehead atoms. The van der Waals surface area contributed by atoms with E-state index in [0.29, 0.717) is 6.61 Å². The first-order valence-corrected chi connectivity index (χ1v) is 2.16. The molecule has 7 heavy (non-hydrogen) atoms. The van der Waals surface area contributed by atoms with Gasteiger partial charge in [-0.1, -0.05) is 0 Å². The van der Waals surface area contributed by atoms with Crippen molar-refractivity contribution in [1.29, 1.82) is 0 Å². The van der Waals surface area contributed by atoms with Crippen molar-refractivity contribution in [3.05, 3.63) is 0 Å². The van der Waals surface area contributed by atoms with Gasteiger partial charge in [-0.3, -0.25) is 0 Å². The molecule has 3 heteroatoms. The van der Waals surface area contributed by atoms with Crippen LogP contribution in [0.4, 0.5) is 0 Å². The quantitative estimate of drug-likeness (QED) is 0.434. The molecule has 1 atom stereocenters. The Morgan fingerprint density at radius 2 is 2.71 bits per heavy atom. The molecule has 0 amide bonds. The summed E-state index contributed by atoms with van der Waals surface area (Å²) >= 11 is 0. The average Bonchev–Trinajstić information content (AvgIpc) is 1.69. The highest BCUT2D eigenvalue weighted by Crippen LogP contribution is 1.92. The zero-order valence-electron chi connectivity index (χ0n) is 4.09. The molecular formula is C4H6N2O. The van der Waals surface area contributed by atoms with E-state index < -0.39 is 0 Å². The first-order chi connectivity index (χ1) is 3.39. The molecule has 0 saturated carbocycles. The van der Waals surface area contributed by atoms with Crippen LogP contribution in [0.15, 0.2) is 10.1 Å². The lowest BCUT2D eigenvalue weighted by Crippen LogP contribution is -2.08. The second-order valence-corrected chi connectivity index (χ2v) is 1.47. The molecule has 1 aliphatic heterocycles. The van der Waals surface area contributed by atoms with Crippen molar-refractivity contribution in [2.75, 3.05) is 6.61 Å². The number of hydrogen-bond acceptors (Lipinski definition) is 3. The Kier molecular flexibility index (Phi) is 1.09. The van der Waals surface area contributed by atoms with Gasteiger partial charge in [0.2, 0.25) is 0 Å². The maximum atomic E-state index is 4.60. The zero-order valence-corrected chi connectivity index (χ0v) is 4.09. The summed E-state index contributed by atoms with van der Waals surface area (Å²) in [6.07, 6.45) is 0. The molecule has 1 aliphatic rings. The van der Waals surface area contributed by atoms with Crippen LogP contribution in [0.1, 0.15) is 6.92 Å². The monoisotopic (exact) mass is 98.0 g/mol. The first-order valence-electron chi connectivity index (χ1n) is 2.16. The van der Waals surface area contributed by atoms with Crippen molar-refractivity contribution in [1.82, 2.24) is 0 Å². The lowest BCUT2D eigenvalue weighted by molar-refractivity contribution is 0.128. The van der Waals surface area contributed by atoms with E-state index in [1.165, 1.54) is 0 Å². The van der Waals surface area contributed by atoms with E-state index in [9.17, 15) is 0 Å². The van der Waals surface area contributed by atoms with Gasteiger partial charge < -0.3 is 4.84 Å². The molecule has 0 saturated heterocycles. The largest absolute Gasteiger partial charge is 0.385 e. The van der Waals surface area contributed by atoms with Crippen LogP contribution in [0.25, 0.3) is 0 Å². The molecule has 1 unspecified atom stereocenters. The molecular weight excluding hydrogens is 92.1 g/mol. The van der Waals surface area contributed by atoms with E-state index in [4.69, 9.17) is 0 Å². The fourth-order valence-electron chi connectivity index (χ4n) is 0.333. The number of nitrogens with zero attached hydrogens (tertiary/aromatic N) is 2. The molecule has 0 fully saturated rings. The molecule has 0 spiro atoms. The third-order valence-corrected chi connectivity index (χ3v) is 0.699. The minimum atomic E-state index is 0.234. The van der Waals surface area contributed by atoms with Gasteiger partial charge in [0.05, 0.1) is 6.04 Å². The Morgan fingerprint density at radius 3 is 3.00 bits per heavy atom. The van der Waals surface area contributed by atoms with Crippen molar-refractivity contribution < 1.29 is 4.84 Å². The first kappa shape index (κ1) is 4.34. The molecule has 0 aromatic rings. The summed E-state index contributed by atoms with van der Waals surface area (Å²) < 4.78 is 0. The van der Waals surface area contributed by atoms with Crippen molar-refractivity contribution in [2.24, 2.45) is 10.1 Å². The standard InChI is InChI=1S/C4H6N2O/c1-4-2-7-6-3-5-4/h4H,2H2,1H3. The van der Waals surface area contributed by atoms with Gasteiger partial charge in [-0.25, -0.2) is 4.99 Å². The Hall–Kier alpha value is -0.820. The van der Waals surface area contributed by atoms with Crippen LogP contribution < -0.4 is 0 Å². The zero-order chi connectivity index (χ0) is 5.11. The van der Waals surface area contributed by atoms with E-state index in [1.807, 2.05) is 6.92 Å². The van der Waals surface area contributed by atoms with Gasteiger partial charge in [-0.2, -0.15) is 0 Å². The predicted octanol–water partition coefficient (Wildman–Crippen LogP) is 0.494. The van der Waals surface area contributed by atoms with Crippen LogP contribution in [0, 0.1) is 0 Å². The molecule has 0 aliphatic carbocycles. The van der Waals surface area contributed by atoms with Crippen LogP contribution in [-0.2, 0) is 4.84 Å². The van der Waals surface area contributed by atoms with Crippen molar-refractivity contribution in [3.63, 3.8) is 0 Å². The van der Waals surface area contributed by atoms with Crippen LogP contribution in [-0.4, -0.2) is 18.7 Å². The summed E-state index contributed by atoms with van der Waals surface area (Å²) in [5, 5.41) is 3.31. The van der Waals surface area contributed by atoms with Crippen molar-refractivity contribution >= 4 is 6.01 Å². The molecule has 0 aromatic carbocycles. The minimum absolute atomic E-state index is 0.234. The van der Waals surface area contributed by atoms with E-state index in [2.05, 4.69) is 21.0 Å². The summed E-state index contributed by atoms with van der Waals surface area (Å²) in [5.74, 6) is 0. The molecule has 0 aromatic heterocycles. The van der Waals surface area contributed by atoms with Gasteiger partial charge in [-0.05, 0) is 12.1 Å². The minimum Gasteiger partial charge on any atom is -0.385 e. The third-order valence-electron chi connectivity index (χ3n) is 0.699. The fraction of sp³-hybridized carbons (Fsp3) is 0.750. The van der Waals surface area contributed by atoms with Crippen molar-refractivity contribution in [3.8, 4) is 0 Å². The number of rotatable bonds is 0. The van der Waals surface area contributed by atoms with Gasteiger partial charge in [0.15, 0.2) is 0 Å². The Bertz CT molecular complexity index is 115. The van der Waals surface area contributed by atoms with Gasteiger partial charge in [0, 0.05) is 0 Å². The van der Waals surface area contributed by atoms with E-state index in [0.717, 1.165) is 0 Å². The fourth-order valence-corrected chi connectivity index (χ4v) is 0.333. The van der Waals surface area contributed by atoms with Crippen LogP contribution >= 0.6 is 0 Å². The highest BCUT2D eigenvalue weighted by molar-refractivity contribution is 5.40. The van der Waals surface area contributed by atoms with Gasteiger partial charge in [0.25, 0.3) is 0 Å². The summed E-state index contributed by atoms with van der Waals surface area (Å²) in [5.41, 5.74) is 0. The van der Waals surface area contributed by atoms with Crippen LogP contribution in [0.3, 0.4) is 0 Å². The lowest BCUT2D eigenvalue weighted by Gasteiger charge is -2.02. The van der Waals surface area contributed by atoms with Gasteiger partial charge in [-0.15, -0.1) is 0 Å². The third kappa shape index (κ3) is 1.02. The summed E-state index contributed by atoms with van der Waals surface area (Å²) in [6, 6.07) is 2.60. The smallest absolute Gasteiger partial charge is 0.140 e. The summed E-state index contributed by atoms with van der Waals surface area (Å²) in [6.45, 7) is 2.54. The number of hydrogen-bond donors (Lipinski definition) is 0. The van der Waals surface area contributed by atoms with Crippen LogP contribution in [0.5, 0.6) is 0 Å². The maximum absolute atomic E-state index is 4.60. The second-order valence-electron chi connectivity index (χ2n) is 1.47. The molecule has 3 nitrogen and oxygen atoms in total. The second kappa shape index (κ2) is 1.76. The highest BCUT2D eigenvalue weighted by atomic mass is 16.6. The van der Waals surface area contributed by atoms with Crippen molar-refractivity contribution in [2.45, 2.75) is 13.0 Å². The number of aliphatic imine (C=N–C) groups is 1. The highest BCUT2D eigenvalue weighted by Gasteiger charge is 1.98. The topological polar surface area (TPSA) is 34.0 Å².